The molecule has 116 valence electrons. The third-order valence-electron chi connectivity index (χ3n) is 2.79. The number of hydrazine groups is 1. The lowest BCUT2D eigenvalue weighted by atomic mass is 10.1. The van der Waals surface area contributed by atoms with Gasteiger partial charge in [-0.2, -0.15) is 5.26 Å². The number of nitro groups is 1. The molecule has 2 atom stereocenters. The Kier molecular flexibility index (Phi) is 6.70. The van der Waals surface area contributed by atoms with Crippen molar-refractivity contribution in [1.82, 2.24) is 10.3 Å². The molecule has 0 saturated carbocycles. The van der Waals surface area contributed by atoms with E-state index >= 15 is 0 Å². The van der Waals surface area contributed by atoms with Gasteiger partial charge in [-0.25, -0.2) is 15.1 Å². The van der Waals surface area contributed by atoms with Gasteiger partial charge in [-0.1, -0.05) is 5.43 Å². The van der Waals surface area contributed by atoms with E-state index in [0.29, 0.717) is 24.5 Å². The highest BCUT2D eigenvalue weighted by Crippen LogP contribution is 2.21. The van der Waals surface area contributed by atoms with Gasteiger partial charge in [0.1, 0.15) is 6.04 Å². The lowest BCUT2D eigenvalue weighted by Crippen LogP contribution is -2.46. The Bertz CT molecular complexity index is 464. The molecule has 1 saturated heterocycles. The number of nitrogens with two attached hydrogens (primary N) is 2. The summed E-state index contributed by atoms with van der Waals surface area (Å²) in [5.41, 5.74) is 12.8. The van der Waals surface area contributed by atoms with Crippen molar-refractivity contribution >= 4 is 23.6 Å². The van der Waals surface area contributed by atoms with Crippen LogP contribution in [-0.4, -0.2) is 52.1 Å². The minimum absolute atomic E-state index is 0.226. The molecule has 11 heteroatoms. The van der Waals surface area contributed by atoms with E-state index in [1.807, 2.05) is 0 Å². The van der Waals surface area contributed by atoms with E-state index in [-0.39, 0.29) is 18.4 Å². The first kappa shape index (κ1) is 17.0. The van der Waals surface area contributed by atoms with E-state index in [9.17, 15) is 14.9 Å². The molecule has 1 rings (SSSR count). The van der Waals surface area contributed by atoms with Gasteiger partial charge in [0.15, 0.2) is 5.03 Å². The van der Waals surface area contributed by atoms with Crippen molar-refractivity contribution < 1.29 is 9.83 Å². The Morgan fingerprint density at radius 1 is 1.71 bits per heavy atom. The molecule has 0 aliphatic carbocycles. The Morgan fingerprint density at radius 3 is 3.05 bits per heavy atom. The number of hydrogen-bond acceptors (Lipinski definition) is 7. The largest absolute Gasteiger partial charge is 0.365 e. The number of carbonyl (C=O) groups is 1. The van der Waals surface area contributed by atoms with Crippen LogP contribution in [0.25, 0.3) is 0 Å². The lowest BCUT2D eigenvalue weighted by molar-refractivity contribution is -0.525. The van der Waals surface area contributed by atoms with Crippen LogP contribution in [0, 0.1) is 21.4 Å². The number of rotatable bonds is 6. The third kappa shape index (κ3) is 5.44. The Morgan fingerprint density at radius 2 is 2.43 bits per heavy atom. The standard InChI is InChI=1S/C10H17N7O3S/c11-4-7-5-21-6-16(7)9(18)8(12)2-1-3-14-10(13)15-17(19)20/h7-8H,1-3,5-6,12H2,(H3,13,14,15). The molecule has 1 amide bonds. The molecule has 2 unspecified atom stereocenters. The number of carbonyl (C=O) groups excluding carboxylic acids is 1. The van der Waals surface area contributed by atoms with Crippen molar-refractivity contribution in [2.75, 3.05) is 18.2 Å². The third-order valence-corrected chi connectivity index (χ3v) is 3.81. The molecule has 0 radical (unpaired) electrons. The number of nitrogens with zero attached hydrogens (tertiary/aromatic N) is 4. The Balaban J connectivity index is 2.34. The minimum Gasteiger partial charge on any atom is -0.365 e. The van der Waals surface area contributed by atoms with Crippen molar-refractivity contribution in [2.24, 2.45) is 16.5 Å². The van der Waals surface area contributed by atoms with Gasteiger partial charge in [-0.15, -0.1) is 11.8 Å². The predicted molar refractivity (Wildman–Crippen MR) is 77.4 cm³/mol. The van der Waals surface area contributed by atoms with Crippen LogP contribution in [0.2, 0.25) is 0 Å². The molecule has 0 bridgehead atoms. The fourth-order valence-corrected chi connectivity index (χ4v) is 2.83. The van der Waals surface area contributed by atoms with Crippen LogP contribution >= 0.6 is 11.8 Å². The van der Waals surface area contributed by atoms with Crippen LogP contribution in [0.1, 0.15) is 12.8 Å². The van der Waals surface area contributed by atoms with E-state index in [0.717, 1.165) is 0 Å². The number of nitriles is 1. The normalized spacial score (nSPS) is 19.9. The van der Waals surface area contributed by atoms with Crippen molar-refractivity contribution in [2.45, 2.75) is 24.9 Å². The second-order valence-electron chi connectivity index (χ2n) is 4.34. The highest BCUT2D eigenvalue weighted by atomic mass is 32.2. The number of guanidine groups is 1. The van der Waals surface area contributed by atoms with E-state index in [4.69, 9.17) is 16.7 Å². The van der Waals surface area contributed by atoms with Gasteiger partial charge in [0.05, 0.1) is 18.0 Å². The first-order valence-corrected chi connectivity index (χ1v) is 7.35. The summed E-state index contributed by atoms with van der Waals surface area (Å²) < 4.78 is 0. The van der Waals surface area contributed by atoms with Crippen LogP contribution in [0.3, 0.4) is 0 Å². The van der Waals surface area contributed by atoms with Gasteiger partial charge in [0, 0.05) is 12.3 Å². The van der Waals surface area contributed by atoms with Crippen molar-refractivity contribution in [3.63, 3.8) is 0 Å². The quantitative estimate of drug-likeness (QED) is 0.177. The Hall–Kier alpha value is -2.06. The molecule has 10 nitrogen and oxygen atoms in total. The zero-order valence-corrected chi connectivity index (χ0v) is 12.1. The minimum atomic E-state index is -0.804. The molecule has 0 aromatic carbocycles. The lowest BCUT2D eigenvalue weighted by Gasteiger charge is -2.22. The number of hydrogen-bond donors (Lipinski definition) is 3. The maximum absolute atomic E-state index is 12.1. The summed E-state index contributed by atoms with van der Waals surface area (Å²) in [5, 5.41) is 18.2. The molecule has 0 spiro atoms. The summed E-state index contributed by atoms with van der Waals surface area (Å²) in [7, 11) is 0. The summed E-state index contributed by atoms with van der Waals surface area (Å²) in [6, 6.07) is 0.935. The van der Waals surface area contributed by atoms with E-state index in [1.54, 1.807) is 5.43 Å². The number of thioether (sulfide) groups is 1. The van der Waals surface area contributed by atoms with Crippen LogP contribution in [0.15, 0.2) is 4.99 Å². The SMILES string of the molecule is N#CC1CSCN1C(=O)C(N)CCCN=C(N)N[N+](=O)[O-]. The van der Waals surface area contributed by atoms with Gasteiger partial charge >= 0.3 is 0 Å². The van der Waals surface area contributed by atoms with Crippen LogP contribution in [-0.2, 0) is 4.79 Å². The van der Waals surface area contributed by atoms with Gasteiger partial charge in [0.2, 0.25) is 5.91 Å². The van der Waals surface area contributed by atoms with Crippen molar-refractivity contribution in [3.8, 4) is 6.07 Å². The molecule has 0 aromatic rings. The summed E-state index contributed by atoms with van der Waals surface area (Å²) >= 11 is 1.52. The maximum Gasteiger partial charge on any atom is 0.251 e. The van der Waals surface area contributed by atoms with Gasteiger partial charge in [-0.3, -0.25) is 4.79 Å². The van der Waals surface area contributed by atoms with Crippen LogP contribution < -0.4 is 16.9 Å². The fraction of sp³-hybridized carbons (Fsp3) is 0.700. The zero-order valence-electron chi connectivity index (χ0n) is 11.3. The van der Waals surface area contributed by atoms with Crippen molar-refractivity contribution in [3.05, 3.63) is 10.1 Å². The predicted octanol–water partition coefficient (Wildman–Crippen LogP) is -1.39. The molecular weight excluding hydrogens is 298 g/mol. The van der Waals surface area contributed by atoms with E-state index < -0.39 is 17.1 Å². The highest BCUT2D eigenvalue weighted by Gasteiger charge is 2.31. The van der Waals surface area contributed by atoms with Crippen LogP contribution in [0.4, 0.5) is 0 Å². The first-order valence-electron chi connectivity index (χ1n) is 6.20. The maximum atomic E-state index is 12.1. The monoisotopic (exact) mass is 315 g/mol. The topological polar surface area (TPSA) is 164 Å². The molecule has 5 N–H and O–H groups in total. The second kappa shape index (κ2) is 8.28. The van der Waals surface area contributed by atoms with E-state index in [2.05, 4.69) is 11.1 Å². The average Bonchev–Trinajstić information content (AvgIpc) is 2.90. The number of aliphatic imine (C=N–C) groups is 1. The van der Waals surface area contributed by atoms with E-state index in [1.165, 1.54) is 16.7 Å². The molecule has 0 aromatic heterocycles. The fourth-order valence-electron chi connectivity index (χ4n) is 1.74. The van der Waals surface area contributed by atoms with Crippen LogP contribution in [0.5, 0.6) is 0 Å². The number of amides is 1. The molecule has 21 heavy (non-hydrogen) atoms. The summed E-state index contributed by atoms with van der Waals surface area (Å²) in [5.74, 6) is 0.526. The molecular formula is C10H17N7O3S. The second-order valence-corrected chi connectivity index (χ2v) is 5.34. The molecule has 1 fully saturated rings. The average molecular weight is 315 g/mol. The Labute approximate surface area is 125 Å². The summed E-state index contributed by atoms with van der Waals surface area (Å²) in [6.07, 6.45) is 0.832. The van der Waals surface area contributed by atoms with Gasteiger partial charge < -0.3 is 16.4 Å². The molecule has 1 aliphatic rings. The van der Waals surface area contributed by atoms with Crippen molar-refractivity contribution in [1.29, 1.82) is 5.26 Å². The van der Waals surface area contributed by atoms with Gasteiger partial charge in [-0.05, 0) is 12.8 Å². The van der Waals surface area contributed by atoms with Gasteiger partial charge in [0.25, 0.3) is 5.96 Å². The zero-order chi connectivity index (χ0) is 15.8. The molecule has 1 heterocycles. The molecule has 1 aliphatic heterocycles. The number of nitrogens with one attached hydrogen (secondary N) is 1. The smallest absolute Gasteiger partial charge is 0.251 e. The summed E-state index contributed by atoms with van der Waals surface area (Å²) in [6.45, 7) is 0.226. The first-order chi connectivity index (χ1) is 9.95. The summed E-state index contributed by atoms with van der Waals surface area (Å²) in [4.78, 5) is 27.3. The highest BCUT2D eigenvalue weighted by molar-refractivity contribution is 7.99.